The molecule has 144 valence electrons. The first kappa shape index (κ1) is 18.1. The zero-order valence-electron chi connectivity index (χ0n) is 15.1. The van der Waals surface area contributed by atoms with Crippen molar-refractivity contribution in [2.24, 2.45) is 11.8 Å². The molecule has 2 aromatic rings. The summed E-state index contributed by atoms with van der Waals surface area (Å²) >= 11 is 0. The number of rotatable bonds is 6. The van der Waals surface area contributed by atoms with Gasteiger partial charge in [0.15, 0.2) is 0 Å². The van der Waals surface area contributed by atoms with Crippen LogP contribution >= 0.6 is 0 Å². The first-order valence-corrected chi connectivity index (χ1v) is 9.38. The van der Waals surface area contributed by atoms with Crippen molar-refractivity contribution in [2.45, 2.75) is 38.6 Å². The summed E-state index contributed by atoms with van der Waals surface area (Å²) in [4.78, 5) is 15.0. The molecule has 5 rings (SSSR count). The maximum absolute atomic E-state index is 13.0. The maximum atomic E-state index is 13.0. The summed E-state index contributed by atoms with van der Waals surface area (Å²) in [6.45, 7) is 2.81. The lowest BCUT2D eigenvalue weighted by Gasteiger charge is -2.49. The Bertz CT molecular complexity index is 794. The van der Waals surface area contributed by atoms with Crippen molar-refractivity contribution < 1.29 is 14.3 Å². The number of piperidine rings is 3. The van der Waals surface area contributed by atoms with E-state index in [0.717, 1.165) is 38.0 Å². The van der Waals surface area contributed by atoms with Crippen LogP contribution in [0.25, 0.3) is 0 Å². The molecule has 0 radical (unpaired) electrons. The van der Waals surface area contributed by atoms with Crippen molar-refractivity contribution in [3.63, 3.8) is 0 Å². The molecular formula is C19H24FN5O2. The average Bonchev–Trinajstić information content (AvgIpc) is 3.15. The molecule has 2 bridgehead atoms. The predicted molar refractivity (Wildman–Crippen MR) is 95.8 cm³/mol. The van der Waals surface area contributed by atoms with Gasteiger partial charge in [0.2, 0.25) is 5.91 Å². The van der Waals surface area contributed by atoms with Gasteiger partial charge in [-0.05, 0) is 43.0 Å². The zero-order valence-corrected chi connectivity index (χ0v) is 15.1. The van der Waals surface area contributed by atoms with Crippen molar-refractivity contribution in [2.75, 3.05) is 13.1 Å². The van der Waals surface area contributed by atoms with Crippen LogP contribution in [0.15, 0.2) is 30.5 Å². The molecule has 7 nitrogen and oxygen atoms in total. The van der Waals surface area contributed by atoms with Gasteiger partial charge in [-0.25, -0.2) is 4.39 Å². The SMILES string of the molecule is O=C(NCc1ccc(F)cc1)[C@H]1CN2CC[C@@H]1C[C@@H]2Cn1cc(CO)nn1. The molecule has 3 aliphatic heterocycles. The van der Waals surface area contributed by atoms with Crippen LogP contribution in [0, 0.1) is 17.7 Å². The van der Waals surface area contributed by atoms with E-state index in [2.05, 4.69) is 20.5 Å². The lowest BCUT2D eigenvalue weighted by molar-refractivity contribution is -0.133. The lowest BCUT2D eigenvalue weighted by atomic mass is 9.75. The van der Waals surface area contributed by atoms with Crippen LogP contribution in [0.2, 0.25) is 0 Å². The third-order valence-electron chi connectivity index (χ3n) is 5.74. The number of halogens is 1. The topological polar surface area (TPSA) is 83.3 Å². The first-order chi connectivity index (χ1) is 13.1. The van der Waals surface area contributed by atoms with Crippen molar-refractivity contribution in [3.05, 3.63) is 47.5 Å². The molecule has 3 fully saturated rings. The Labute approximate surface area is 157 Å². The Hall–Kier alpha value is -2.32. The van der Waals surface area contributed by atoms with Crippen molar-refractivity contribution in [3.8, 4) is 0 Å². The van der Waals surface area contributed by atoms with E-state index in [-0.39, 0.29) is 24.2 Å². The second-order valence-electron chi connectivity index (χ2n) is 7.47. The largest absolute Gasteiger partial charge is 0.390 e. The Morgan fingerprint density at radius 1 is 1.33 bits per heavy atom. The molecule has 3 aliphatic rings. The van der Waals surface area contributed by atoms with Gasteiger partial charge in [0.05, 0.1) is 25.3 Å². The van der Waals surface area contributed by atoms with Gasteiger partial charge < -0.3 is 10.4 Å². The molecule has 4 atom stereocenters. The van der Waals surface area contributed by atoms with E-state index in [1.165, 1.54) is 12.1 Å². The van der Waals surface area contributed by atoms with E-state index >= 15 is 0 Å². The molecule has 8 heteroatoms. The third kappa shape index (κ3) is 4.01. The van der Waals surface area contributed by atoms with Crippen LogP contribution in [0.3, 0.4) is 0 Å². The highest BCUT2D eigenvalue weighted by molar-refractivity contribution is 5.79. The van der Waals surface area contributed by atoms with Gasteiger partial charge >= 0.3 is 0 Å². The monoisotopic (exact) mass is 373 g/mol. The number of hydrogen-bond donors (Lipinski definition) is 2. The summed E-state index contributed by atoms with van der Waals surface area (Å²) in [5, 5.41) is 20.1. The highest BCUT2D eigenvalue weighted by atomic mass is 19.1. The van der Waals surface area contributed by atoms with Gasteiger partial charge in [-0.1, -0.05) is 17.3 Å². The normalized spacial score (nSPS) is 26.9. The average molecular weight is 373 g/mol. The molecule has 4 heterocycles. The number of aliphatic hydroxyl groups is 1. The Balaban J connectivity index is 1.32. The standard InChI is InChI=1S/C19H24FN5O2/c20-15-3-1-13(2-4-15)8-21-19(27)18-11-24-6-5-14(18)7-17(24)10-25-9-16(12-26)22-23-25/h1-4,9,14,17-18,26H,5-8,10-12H2,(H,21,27)/t14-,17-,18+/m1/s1. The number of aromatic nitrogens is 3. The number of carbonyl (C=O) groups excluding carboxylic acids is 1. The maximum Gasteiger partial charge on any atom is 0.224 e. The number of hydrogen-bond acceptors (Lipinski definition) is 5. The summed E-state index contributed by atoms with van der Waals surface area (Å²) in [5.74, 6) is 0.177. The number of fused-ring (bicyclic) bond motifs is 3. The zero-order chi connectivity index (χ0) is 18.8. The number of benzene rings is 1. The minimum atomic E-state index is -0.271. The fourth-order valence-electron chi connectivity index (χ4n) is 4.26. The van der Waals surface area contributed by atoms with E-state index in [1.54, 1.807) is 23.0 Å². The van der Waals surface area contributed by atoms with E-state index < -0.39 is 0 Å². The summed E-state index contributed by atoms with van der Waals surface area (Å²) in [7, 11) is 0. The van der Waals surface area contributed by atoms with E-state index in [0.29, 0.717) is 24.2 Å². The summed E-state index contributed by atoms with van der Waals surface area (Å²) in [5.41, 5.74) is 1.47. The van der Waals surface area contributed by atoms with E-state index in [4.69, 9.17) is 5.11 Å². The second-order valence-corrected chi connectivity index (χ2v) is 7.47. The predicted octanol–water partition coefficient (Wildman–Crippen LogP) is 0.936. The Morgan fingerprint density at radius 3 is 2.81 bits per heavy atom. The van der Waals surface area contributed by atoms with Crippen molar-refractivity contribution in [1.29, 1.82) is 0 Å². The molecule has 1 aromatic carbocycles. The van der Waals surface area contributed by atoms with Crippen molar-refractivity contribution in [1.82, 2.24) is 25.2 Å². The number of aliphatic hydroxyl groups excluding tert-OH is 1. The molecule has 0 aliphatic carbocycles. The number of carbonyl (C=O) groups is 1. The first-order valence-electron chi connectivity index (χ1n) is 9.38. The van der Waals surface area contributed by atoms with Gasteiger partial charge in [0.1, 0.15) is 11.5 Å². The fourth-order valence-corrected chi connectivity index (χ4v) is 4.26. The molecular weight excluding hydrogens is 349 g/mol. The molecule has 0 saturated carbocycles. The van der Waals surface area contributed by atoms with Gasteiger partial charge in [-0.15, -0.1) is 5.10 Å². The summed E-state index contributed by atoms with van der Waals surface area (Å²) < 4.78 is 14.8. The van der Waals surface area contributed by atoms with Gasteiger partial charge in [0, 0.05) is 19.1 Å². The number of nitrogens with zero attached hydrogens (tertiary/aromatic N) is 4. The molecule has 0 spiro atoms. The number of amides is 1. The molecule has 27 heavy (non-hydrogen) atoms. The van der Waals surface area contributed by atoms with Crippen LogP contribution in [-0.2, 0) is 24.5 Å². The van der Waals surface area contributed by atoms with Crippen LogP contribution in [0.5, 0.6) is 0 Å². The van der Waals surface area contributed by atoms with E-state index in [1.807, 2.05) is 0 Å². The Morgan fingerprint density at radius 2 is 2.15 bits per heavy atom. The fraction of sp³-hybridized carbons (Fsp3) is 0.526. The third-order valence-corrected chi connectivity index (χ3v) is 5.74. The van der Waals surface area contributed by atoms with Gasteiger partial charge in [-0.2, -0.15) is 0 Å². The highest BCUT2D eigenvalue weighted by Gasteiger charge is 2.43. The van der Waals surface area contributed by atoms with Gasteiger partial charge in [-0.3, -0.25) is 14.4 Å². The van der Waals surface area contributed by atoms with Crippen molar-refractivity contribution >= 4 is 5.91 Å². The quantitative estimate of drug-likeness (QED) is 0.787. The summed E-state index contributed by atoms with van der Waals surface area (Å²) in [6, 6.07) is 6.56. The van der Waals surface area contributed by atoms with E-state index in [9.17, 15) is 9.18 Å². The minimum absolute atomic E-state index is 0.000743. The molecule has 1 unspecified atom stereocenters. The van der Waals surface area contributed by atoms with Crippen LogP contribution in [0.4, 0.5) is 4.39 Å². The van der Waals surface area contributed by atoms with Crippen LogP contribution < -0.4 is 5.32 Å². The van der Waals surface area contributed by atoms with Crippen LogP contribution in [0.1, 0.15) is 24.1 Å². The smallest absolute Gasteiger partial charge is 0.224 e. The molecule has 3 saturated heterocycles. The summed E-state index contributed by atoms with van der Waals surface area (Å²) in [6.07, 6.45) is 3.77. The lowest BCUT2D eigenvalue weighted by Crippen LogP contribution is -2.58. The van der Waals surface area contributed by atoms with Crippen LogP contribution in [-0.4, -0.2) is 50.0 Å². The Kier molecular flexibility index (Phi) is 5.18. The molecule has 1 amide bonds. The highest BCUT2D eigenvalue weighted by Crippen LogP contribution is 2.36. The molecule has 1 aromatic heterocycles. The second kappa shape index (κ2) is 7.74. The molecule has 2 N–H and O–H groups in total. The minimum Gasteiger partial charge on any atom is -0.390 e. The number of nitrogens with one attached hydrogen (secondary N) is 1. The van der Waals surface area contributed by atoms with Gasteiger partial charge in [0.25, 0.3) is 0 Å².